The number of hydrogen-bond donors (Lipinski definition) is 1. The van der Waals surface area contributed by atoms with Gasteiger partial charge in [0.25, 0.3) is 5.91 Å². The Kier molecular flexibility index (Phi) is 5.44. The number of fused-ring (bicyclic) bond motifs is 1. The van der Waals surface area contributed by atoms with E-state index in [1.807, 2.05) is 6.92 Å². The van der Waals surface area contributed by atoms with Crippen LogP contribution in [0.5, 0.6) is 0 Å². The van der Waals surface area contributed by atoms with E-state index in [1.165, 1.54) is 12.1 Å². The van der Waals surface area contributed by atoms with Gasteiger partial charge < -0.3 is 9.88 Å². The molecule has 1 N–H and O–H groups in total. The number of nitrogens with zero attached hydrogens (tertiary/aromatic N) is 2. The molecule has 160 valence electrons. The molecule has 1 aliphatic carbocycles. The first-order valence-corrected chi connectivity index (χ1v) is 10.2. The number of piperazine rings is 1. The molecule has 2 aromatic rings. The molecule has 0 bridgehead atoms. The topological polar surface area (TPSA) is 56.4 Å². The number of aryl methyl sites for hydroxylation is 1. The van der Waals surface area contributed by atoms with E-state index in [0.717, 1.165) is 30.2 Å². The van der Waals surface area contributed by atoms with Gasteiger partial charge in [0.15, 0.2) is 5.78 Å². The highest BCUT2D eigenvalue weighted by Crippen LogP contribution is 2.30. The SMILES string of the molecule is Cc1c(C(=O)N2CCN(Cc3cccc(C(F)(F)F)c3)CC2)[nH]c2c1C(=O)CCC2. The van der Waals surface area contributed by atoms with Gasteiger partial charge in [0.05, 0.1) is 5.56 Å². The molecule has 1 aliphatic heterocycles. The van der Waals surface area contributed by atoms with Crippen LogP contribution in [-0.4, -0.2) is 52.7 Å². The highest BCUT2D eigenvalue weighted by atomic mass is 19.4. The van der Waals surface area contributed by atoms with Crippen LogP contribution in [0.4, 0.5) is 13.2 Å². The molecule has 30 heavy (non-hydrogen) atoms. The summed E-state index contributed by atoms with van der Waals surface area (Å²) in [4.78, 5) is 32.2. The number of aromatic amines is 1. The maximum absolute atomic E-state index is 13.0. The Balaban J connectivity index is 1.39. The number of ketones is 1. The lowest BCUT2D eigenvalue weighted by Crippen LogP contribution is -2.48. The fraction of sp³-hybridized carbons (Fsp3) is 0.455. The van der Waals surface area contributed by atoms with Crippen molar-refractivity contribution in [3.63, 3.8) is 0 Å². The van der Waals surface area contributed by atoms with Crippen LogP contribution < -0.4 is 0 Å². The molecule has 1 aromatic heterocycles. The van der Waals surface area contributed by atoms with Gasteiger partial charge in [0.1, 0.15) is 5.69 Å². The summed E-state index contributed by atoms with van der Waals surface area (Å²) in [7, 11) is 0. The third kappa shape index (κ3) is 4.01. The number of Topliss-reactive ketones (excluding diaryl/α,β-unsaturated/α-hetero) is 1. The lowest BCUT2D eigenvalue weighted by molar-refractivity contribution is -0.137. The number of carbonyl (C=O) groups is 2. The zero-order valence-electron chi connectivity index (χ0n) is 16.8. The van der Waals surface area contributed by atoms with Crippen LogP contribution >= 0.6 is 0 Å². The second-order valence-electron chi connectivity index (χ2n) is 8.02. The summed E-state index contributed by atoms with van der Waals surface area (Å²) in [6, 6.07) is 5.37. The second-order valence-corrected chi connectivity index (χ2v) is 8.02. The molecule has 4 rings (SSSR count). The highest BCUT2D eigenvalue weighted by molar-refractivity contribution is 6.04. The molecule has 0 saturated carbocycles. The number of nitrogens with one attached hydrogen (secondary N) is 1. The summed E-state index contributed by atoms with van der Waals surface area (Å²) in [5.74, 6) is -0.0247. The zero-order valence-corrected chi connectivity index (χ0v) is 16.8. The molecule has 8 heteroatoms. The van der Waals surface area contributed by atoms with Gasteiger partial charge in [0.2, 0.25) is 0 Å². The van der Waals surface area contributed by atoms with E-state index in [-0.39, 0.29) is 11.7 Å². The molecule has 1 amide bonds. The first kappa shape index (κ1) is 20.7. The molecule has 0 spiro atoms. The van der Waals surface area contributed by atoms with Crippen LogP contribution in [0.25, 0.3) is 0 Å². The highest BCUT2D eigenvalue weighted by Gasteiger charge is 2.31. The lowest BCUT2D eigenvalue weighted by Gasteiger charge is -2.34. The number of carbonyl (C=O) groups excluding carboxylic acids is 2. The van der Waals surface area contributed by atoms with E-state index < -0.39 is 11.7 Å². The second kappa shape index (κ2) is 7.91. The number of benzene rings is 1. The van der Waals surface area contributed by atoms with Crippen molar-refractivity contribution in [2.75, 3.05) is 26.2 Å². The van der Waals surface area contributed by atoms with Gasteiger partial charge in [-0.2, -0.15) is 13.2 Å². The van der Waals surface area contributed by atoms with Crippen LogP contribution in [0.2, 0.25) is 0 Å². The van der Waals surface area contributed by atoms with Crippen LogP contribution in [0.1, 0.15) is 56.1 Å². The van der Waals surface area contributed by atoms with E-state index >= 15 is 0 Å². The first-order chi connectivity index (χ1) is 14.2. The largest absolute Gasteiger partial charge is 0.416 e. The smallest absolute Gasteiger partial charge is 0.354 e. The summed E-state index contributed by atoms with van der Waals surface area (Å²) in [6.45, 7) is 4.39. The molecular formula is C22H24F3N3O2. The molecule has 5 nitrogen and oxygen atoms in total. The van der Waals surface area contributed by atoms with Gasteiger partial charge in [-0.15, -0.1) is 0 Å². The van der Waals surface area contributed by atoms with E-state index in [0.29, 0.717) is 56.0 Å². The predicted molar refractivity (Wildman–Crippen MR) is 105 cm³/mol. The van der Waals surface area contributed by atoms with Gasteiger partial charge in [-0.1, -0.05) is 18.2 Å². The van der Waals surface area contributed by atoms with Crippen molar-refractivity contribution in [3.05, 3.63) is 57.9 Å². The fourth-order valence-electron chi connectivity index (χ4n) is 4.36. The Morgan fingerprint density at radius 1 is 1.13 bits per heavy atom. The maximum Gasteiger partial charge on any atom is 0.416 e. The monoisotopic (exact) mass is 419 g/mol. The molecule has 0 atom stereocenters. The van der Waals surface area contributed by atoms with Gasteiger partial charge in [-0.25, -0.2) is 0 Å². The number of amides is 1. The summed E-state index contributed by atoms with van der Waals surface area (Å²) >= 11 is 0. The zero-order chi connectivity index (χ0) is 21.5. The summed E-state index contributed by atoms with van der Waals surface area (Å²) in [6.07, 6.45) is -2.25. The predicted octanol–water partition coefficient (Wildman–Crippen LogP) is 3.82. The third-order valence-electron chi connectivity index (χ3n) is 5.97. The van der Waals surface area contributed by atoms with Crippen molar-refractivity contribution >= 4 is 11.7 Å². The van der Waals surface area contributed by atoms with Crippen molar-refractivity contribution in [1.82, 2.24) is 14.8 Å². The minimum absolute atomic E-state index is 0.0926. The van der Waals surface area contributed by atoms with E-state index in [2.05, 4.69) is 9.88 Å². The lowest BCUT2D eigenvalue weighted by atomic mass is 9.93. The fourth-order valence-corrected chi connectivity index (χ4v) is 4.36. The van der Waals surface area contributed by atoms with Crippen LogP contribution in [-0.2, 0) is 19.1 Å². The Morgan fingerprint density at radius 3 is 2.53 bits per heavy atom. The number of rotatable bonds is 3. The molecule has 0 radical (unpaired) electrons. The van der Waals surface area contributed by atoms with Crippen molar-refractivity contribution in [2.24, 2.45) is 0 Å². The Labute approximate surface area is 172 Å². The van der Waals surface area contributed by atoms with E-state index in [4.69, 9.17) is 0 Å². The maximum atomic E-state index is 13.0. The van der Waals surface area contributed by atoms with Gasteiger partial charge in [0, 0.05) is 50.4 Å². The molecule has 1 fully saturated rings. The summed E-state index contributed by atoms with van der Waals surface area (Å²) in [5, 5.41) is 0. The van der Waals surface area contributed by atoms with Crippen molar-refractivity contribution < 1.29 is 22.8 Å². The molecule has 1 aromatic carbocycles. The minimum Gasteiger partial charge on any atom is -0.354 e. The molecule has 2 aliphatic rings. The Hall–Kier alpha value is -2.61. The van der Waals surface area contributed by atoms with Crippen molar-refractivity contribution in [3.8, 4) is 0 Å². The molecular weight excluding hydrogens is 395 g/mol. The van der Waals surface area contributed by atoms with Crippen LogP contribution in [0.15, 0.2) is 24.3 Å². The summed E-state index contributed by atoms with van der Waals surface area (Å²) in [5.41, 5.74) is 2.71. The van der Waals surface area contributed by atoms with Crippen LogP contribution in [0, 0.1) is 6.92 Å². The van der Waals surface area contributed by atoms with Gasteiger partial charge in [-0.05, 0) is 37.0 Å². The Bertz CT molecular complexity index is 972. The number of alkyl halides is 3. The number of H-pyrrole nitrogens is 1. The average molecular weight is 419 g/mol. The van der Waals surface area contributed by atoms with Crippen molar-refractivity contribution in [1.29, 1.82) is 0 Å². The quantitative estimate of drug-likeness (QED) is 0.823. The average Bonchev–Trinajstić information content (AvgIpc) is 3.05. The minimum atomic E-state index is -4.35. The standard InChI is InChI=1S/C22H24F3N3O2/c1-14-19-17(6-3-7-18(19)29)26-20(14)21(30)28-10-8-27(9-11-28)13-15-4-2-5-16(12-15)22(23,24)25/h2,4-5,12,26H,3,6-11,13H2,1H3. The first-order valence-electron chi connectivity index (χ1n) is 10.2. The molecule has 2 heterocycles. The summed E-state index contributed by atoms with van der Waals surface area (Å²) < 4.78 is 38.7. The van der Waals surface area contributed by atoms with Crippen LogP contribution in [0.3, 0.4) is 0 Å². The molecule has 1 saturated heterocycles. The third-order valence-corrected chi connectivity index (χ3v) is 5.97. The van der Waals surface area contributed by atoms with E-state index in [9.17, 15) is 22.8 Å². The number of hydrogen-bond acceptors (Lipinski definition) is 3. The van der Waals surface area contributed by atoms with Gasteiger partial charge >= 0.3 is 6.18 Å². The Morgan fingerprint density at radius 2 is 1.87 bits per heavy atom. The number of aromatic nitrogens is 1. The normalized spacial score (nSPS) is 17.9. The van der Waals surface area contributed by atoms with E-state index in [1.54, 1.807) is 11.0 Å². The number of halogens is 3. The van der Waals surface area contributed by atoms with Crippen molar-refractivity contribution in [2.45, 2.75) is 38.9 Å². The molecule has 0 unspecified atom stereocenters. The van der Waals surface area contributed by atoms with Gasteiger partial charge in [-0.3, -0.25) is 14.5 Å².